The van der Waals surface area contributed by atoms with Crippen molar-refractivity contribution in [1.29, 1.82) is 0 Å². The Hall–Kier alpha value is -0.580. The number of hydrogen-bond acceptors (Lipinski definition) is 4. The van der Waals surface area contributed by atoms with E-state index in [0.29, 0.717) is 6.79 Å². The molecule has 0 amide bonds. The van der Waals surface area contributed by atoms with E-state index in [1.165, 1.54) is 180 Å². The average molecular weight is 639 g/mol. The van der Waals surface area contributed by atoms with Gasteiger partial charge in [-0.15, -0.1) is 0 Å². The fraction of sp³-hybridized carbons (Fsp3) is 0.951. The number of unbranched alkanes of at least 4 members (excludes halogenated alkanes) is 26. The Balaban J connectivity index is 3.69. The highest BCUT2D eigenvalue weighted by Gasteiger charge is 2.09. The van der Waals surface area contributed by atoms with E-state index in [2.05, 4.69) is 26.8 Å². The van der Waals surface area contributed by atoms with E-state index in [0.717, 1.165) is 39.1 Å². The third kappa shape index (κ3) is 39.5. The van der Waals surface area contributed by atoms with Crippen LogP contribution in [0.2, 0.25) is 0 Å². The second-order valence-corrected chi connectivity index (χ2v) is 13.5. The van der Waals surface area contributed by atoms with E-state index in [9.17, 15) is 0 Å². The Morgan fingerprint density at radius 1 is 0.400 bits per heavy atom. The lowest BCUT2D eigenvalue weighted by atomic mass is 10.1. The predicted molar refractivity (Wildman–Crippen MR) is 197 cm³/mol. The highest BCUT2D eigenvalue weighted by molar-refractivity contribution is 4.72. The first-order chi connectivity index (χ1) is 22.3. The van der Waals surface area contributed by atoms with Crippen LogP contribution in [0.5, 0.6) is 0 Å². The minimum atomic E-state index is 0.0160. The van der Waals surface area contributed by atoms with Crippen molar-refractivity contribution in [3.63, 3.8) is 0 Å². The van der Waals surface area contributed by atoms with E-state index in [1.807, 2.05) is 6.26 Å². The Kier molecular flexibility index (Phi) is 40.9. The minimum Gasteiger partial charge on any atom is -0.475 e. The van der Waals surface area contributed by atoms with Crippen LogP contribution in [0.4, 0.5) is 0 Å². The topological polar surface area (TPSA) is 36.9 Å². The first-order valence-corrected chi connectivity index (χ1v) is 20.4. The van der Waals surface area contributed by atoms with Gasteiger partial charge in [-0.1, -0.05) is 175 Å². The molecule has 0 bridgehead atoms. The standard InChI is InChI=1S/C41H82O4/c1-4-7-10-13-22-28-33-38-44-41(45-39-34-29-23-14-11-8-5-2)35-30-25-21-19-17-16-18-20-24-27-32-37-43-40-42-36-31-26-15-12-9-6-3/h32,37,41H,4-31,33-36,38-40H2,1-3H3. The van der Waals surface area contributed by atoms with Gasteiger partial charge in [-0.25, -0.2) is 0 Å². The first kappa shape index (κ1) is 44.4. The van der Waals surface area contributed by atoms with Crippen molar-refractivity contribution in [1.82, 2.24) is 0 Å². The van der Waals surface area contributed by atoms with Crippen molar-refractivity contribution in [2.45, 2.75) is 226 Å². The van der Waals surface area contributed by atoms with Gasteiger partial charge in [0.15, 0.2) is 13.1 Å². The summed E-state index contributed by atoms with van der Waals surface area (Å²) >= 11 is 0. The van der Waals surface area contributed by atoms with Crippen molar-refractivity contribution >= 4 is 0 Å². The molecule has 4 nitrogen and oxygen atoms in total. The highest BCUT2D eigenvalue weighted by Crippen LogP contribution is 2.16. The Morgan fingerprint density at radius 2 is 0.778 bits per heavy atom. The van der Waals surface area contributed by atoms with Gasteiger partial charge in [-0.05, 0) is 51.0 Å². The molecule has 0 saturated carbocycles. The van der Waals surface area contributed by atoms with Gasteiger partial charge < -0.3 is 18.9 Å². The van der Waals surface area contributed by atoms with Gasteiger partial charge in [0.2, 0.25) is 0 Å². The van der Waals surface area contributed by atoms with Gasteiger partial charge in [-0.3, -0.25) is 0 Å². The number of hydrogen-bond donors (Lipinski definition) is 0. The summed E-state index contributed by atoms with van der Waals surface area (Å²) in [7, 11) is 0. The number of ether oxygens (including phenoxy) is 4. The van der Waals surface area contributed by atoms with Crippen molar-refractivity contribution in [2.75, 3.05) is 26.6 Å². The molecular formula is C41H82O4. The molecule has 0 aromatic rings. The van der Waals surface area contributed by atoms with Crippen molar-refractivity contribution in [3.8, 4) is 0 Å². The molecule has 0 aliphatic heterocycles. The maximum Gasteiger partial charge on any atom is 0.188 e. The molecule has 0 N–H and O–H groups in total. The molecule has 0 saturated heterocycles. The van der Waals surface area contributed by atoms with Gasteiger partial charge in [-0.2, -0.15) is 0 Å². The maximum absolute atomic E-state index is 6.24. The van der Waals surface area contributed by atoms with Crippen molar-refractivity contribution < 1.29 is 18.9 Å². The SMILES string of the molecule is CCCCCCCCCOC(CCCCCCCCCCCC=COCOCCCCCCCC)OCCCCCCCCC. The third-order valence-corrected chi connectivity index (χ3v) is 8.90. The lowest BCUT2D eigenvalue weighted by Gasteiger charge is -2.19. The molecule has 0 rings (SSSR count). The number of rotatable bonds is 40. The van der Waals surface area contributed by atoms with Gasteiger partial charge in [0, 0.05) is 13.2 Å². The van der Waals surface area contributed by atoms with Crippen LogP contribution >= 0.6 is 0 Å². The maximum atomic E-state index is 6.24. The fourth-order valence-corrected chi connectivity index (χ4v) is 5.84. The molecule has 0 unspecified atom stereocenters. The summed E-state index contributed by atoms with van der Waals surface area (Å²) in [5.41, 5.74) is 0. The molecule has 0 aliphatic rings. The zero-order valence-electron chi connectivity index (χ0n) is 31.1. The molecule has 0 aromatic carbocycles. The van der Waals surface area contributed by atoms with Crippen LogP contribution in [0.15, 0.2) is 12.3 Å². The van der Waals surface area contributed by atoms with Crippen LogP contribution in [0.3, 0.4) is 0 Å². The molecule has 0 spiro atoms. The Bertz CT molecular complexity index is 518. The normalized spacial score (nSPS) is 11.8. The lowest BCUT2D eigenvalue weighted by molar-refractivity contribution is -0.148. The third-order valence-electron chi connectivity index (χ3n) is 8.90. The summed E-state index contributed by atoms with van der Waals surface area (Å²) in [6, 6.07) is 0. The van der Waals surface area contributed by atoms with Gasteiger partial charge >= 0.3 is 0 Å². The van der Waals surface area contributed by atoms with E-state index in [4.69, 9.17) is 18.9 Å². The average Bonchev–Trinajstić information content (AvgIpc) is 3.05. The van der Waals surface area contributed by atoms with Crippen molar-refractivity contribution in [3.05, 3.63) is 12.3 Å². The second kappa shape index (κ2) is 41.4. The monoisotopic (exact) mass is 639 g/mol. The molecule has 0 radical (unpaired) electrons. The van der Waals surface area contributed by atoms with E-state index >= 15 is 0 Å². The summed E-state index contributed by atoms with van der Waals surface area (Å²) in [5, 5.41) is 0. The molecular weight excluding hydrogens is 556 g/mol. The molecule has 270 valence electrons. The largest absolute Gasteiger partial charge is 0.475 e. The minimum absolute atomic E-state index is 0.0160. The molecule has 0 fully saturated rings. The predicted octanol–water partition coefficient (Wildman–Crippen LogP) is 14.0. The molecule has 0 heterocycles. The van der Waals surface area contributed by atoms with Crippen molar-refractivity contribution in [2.24, 2.45) is 0 Å². The highest BCUT2D eigenvalue weighted by atomic mass is 16.7. The summed E-state index contributed by atoms with van der Waals surface area (Å²) in [6.07, 6.45) is 44.6. The van der Waals surface area contributed by atoms with Gasteiger partial charge in [0.05, 0.1) is 12.9 Å². The second-order valence-electron chi connectivity index (χ2n) is 13.5. The summed E-state index contributed by atoms with van der Waals surface area (Å²) in [5.74, 6) is 0. The van der Waals surface area contributed by atoms with E-state index in [-0.39, 0.29) is 6.29 Å². The molecule has 45 heavy (non-hydrogen) atoms. The Morgan fingerprint density at radius 3 is 1.24 bits per heavy atom. The van der Waals surface area contributed by atoms with Crippen LogP contribution in [0.25, 0.3) is 0 Å². The smallest absolute Gasteiger partial charge is 0.188 e. The molecule has 0 aliphatic carbocycles. The van der Waals surface area contributed by atoms with Crippen LogP contribution < -0.4 is 0 Å². The van der Waals surface area contributed by atoms with Gasteiger partial charge in [0.25, 0.3) is 0 Å². The summed E-state index contributed by atoms with van der Waals surface area (Å²) in [4.78, 5) is 0. The first-order valence-electron chi connectivity index (χ1n) is 20.4. The number of allylic oxidation sites excluding steroid dienone is 1. The molecule has 0 atom stereocenters. The zero-order chi connectivity index (χ0) is 32.6. The lowest BCUT2D eigenvalue weighted by Crippen LogP contribution is -2.19. The summed E-state index contributed by atoms with van der Waals surface area (Å²) < 4.78 is 23.5. The quantitative estimate of drug-likeness (QED) is 0.0380. The van der Waals surface area contributed by atoms with E-state index < -0.39 is 0 Å². The fourth-order valence-electron chi connectivity index (χ4n) is 5.84. The van der Waals surface area contributed by atoms with Crippen LogP contribution in [-0.2, 0) is 18.9 Å². The van der Waals surface area contributed by atoms with Crippen LogP contribution in [0.1, 0.15) is 220 Å². The van der Waals surface area contributed by atoms with E-state index in [1.54, 1.807) is 0 Å². The zero-order valence-corrected chi connectivity index (χ0v) is 31.1. The van der Waals surface area contributed by atoms with Crippen LogP contribution in [-0.4, -0.2) is 32.9 Å². The molecule has 0 aromatic heterocycles. The van der Waals surface area contributed by atoms with Crippen LogP contribution in [0, 0.1) is 0 Å². The summed E-state index contributed by atoms with van der Waals surface area (Å²) in [6.45, 7) is 9.78. The Labute approximate surface area is 283 Å². The van der Waals surface area contributed by atoms with Gasteiger partial charge in [0.1, 0.15) is 0 Å². The molecule has 4 heteroatoms.